The minimum absolute atomic E-state index is 0.126. The molecule has 0 bridgehead atoms. The molecule has 4 rings (SSSR count). The molecular formula is C24H24N4O2S2. The maximum Gasteiger partial charge on any atom is 0.270 e. The van der Waals surface area contributed by atoms with Crippen molar-refractivity contribution < 1.29 is 4.79 Å². The van der Waals surface area contributed by atoms with Gasteiger partial charge in [0.2, 0.25) is 0 Å². The Kier molecular flexibility index (Phi) is 6.49. The van der Waals surface area contributed by atoms with Crippen molar-refractivity contribution in [3.8, 4) is 6.07 Å². The van der Waals surface area contributed by atoms with Crippen molar-refractivity contribution in [2.75, 3.05) is 18.0 Å². The van der Waals surface area contributed by atoms with Crippen LogP contribution in [0.3, 0.4) is 0 Å². The SMILES string of the molecule is CCn1c(N2CCCC2)c(/C=C2\SC(=S)N(Cc3ccccc3)C2=O)c(C)c(C#N)c1=O. The minimum atomic E-state index is -0.275. The number of anilines is 1. The summed E-state index contributed by atoms with van der Waals surface area (Å²) in [4.78, 5) is 30.5. The fourth-order valence-corrected chi connectivity index (χ4v) is 5.48. The third kappa shape index (κ3) is 3.98. The average Bonchev–Trinajstić information content (AvgIpc) is 3.41. The molecular weight excluding hydrogens is 440 g/mol. The minimum Gasteiger partial charge on any atom is -0.357 e. The first kappa shape index (κ1) is 22.3. The maximum atomic E-state index is 13.2. The fraction of sp³-hybridized carbons (Fsp3) is 0.333. The molecule has 6 nitrogen and oxygen atoms in total. The van der Waals surface area contributed by atoms with Crippen LogP contribution in [0.5, 0.6) is 0 Å². The predicted octanol–water partition coefficient (Wildman–Crippen LogP) is 4.05. The van der Waals surface area contributed by atoms with Gasteiger partial charge in [-0.1, -0.05) is 54.3 Å². The highest BCUT2D eigenvalue weighted by molar-refractivity contribution is 8.26. The largest absolute Gasteiger partial charge is 0.357 e. The van der Waals surface area contributed by atoms with E-state index in [1.807, 2.05) is 43.3 Å². The van der Waals surface area contributed by atoms with E-state index in [-0.39, 0.29) is 17.0 Å². The zero-order valence-corrected chi connectivity index (χ0v) is 19.8. The van der Waals surface area contributed by atoms with E-state index in [4.69, 9.17) is 12.2 Å². The number of nitriles is 1. The van der Waals surface area contributed by atoms with Gasteiger partial charge in [-0.05, 0) is 43.9 Å². The van der Waals surface area contributed by atoms with Crippen LogP contribution in [0, 0.1) is 18.3 Å². The van der Waals surface area contributed by atoms with Crippen LogP contribution in [0.4, 0.5) is 5.82 Å². The number of hydrogen-bond acceptors (Lipinski definition) is 6. The Bertz CT molecular complexity index is 1210. The van der Waals surface area contributed by atoms with E-state index in [0.29, 0.717) is 27.9 Å². The third-order valence-corrected chi connectivity index (χ3v) is 7.28. The maximum absolute atomic E-state index is 13.2. The summed E-state index contributed by atoms with van der Waals surface area (Å²) in [6.45, 7) is 6.26. The molecule has 32 heavy (non-hydrogen) atoms. The number of aromatic nitrogens is 1. The molecule has 1 aromatic heterocycles. The van der Waals surface area contributed by atoms with Gasteiger partial charge in [0.1, 0.15) is 21.8 Å². The van der Waals surface area contributed by atoms with Crippen LogP contribution < -0.4 is 10.5 Å². The smallest absolute Gasteiger partial charge is 0.270 e. The van der Waals surface area contributed by atoms with E-state index in [2.05, 4.69) is 11.0 Å². The first-order valence-electron chi connectivity index (χ1n) is 10.7. The zero-order valence-electron chi connectivity index (χ0n) is 18.1. The molecule has 0 aliphatic carbocycles. The number of rotatable bonds is 5. The number of carbonyl (C=O) groups is 1. The molecule has 0 radical (unpaired) electrons. The summed E-state index contributed by atoms with van der Waals surface area (Å²) in [6.07, 6.45) is 3.92. The fourth-order valence-electron chi connectivity index (χ4n) is 4.24. The van der Waals surface area contributed by atoms with Crippen LogP contribution in [0.2, 0.25) is 0 Å². The summed E-state index contributed by atoms with van der Waals surface area (Å²) in [5, 5.41) is 9.66. The van der Waals surface area contributed by atoms with E-state index in [9.17, 15) is 14.9 Å². The Balaban J connectivity index is 1.81. The Morgan fingerprint density at radius 3 is 2.50 bits per heavy atom. The summed E-state index contributed by atoms with van der Waals surface area (Å²) in [5.41, 5.74) is 2.22. The highest BCUT2D eigenvalue weighted by atomic mass is 32.2. The lowest BCUT2D eigenvalue weighted by Gasteiger charge is -2.26. The van der Waals surface area contributed by atoms with Gasteiger partial charge < -0.3 is 4.90 Å². The first-order chi connectivity index (χ1) is 15.5. The van der Waals surface area contributed by atoms with Gasteiger partial charge >= 0.3 is 0 Å². The lowest BCUT2D eigenvalue weighted by molar-refractivity contribution is -0.122. The molecule has 1 amide bonds. The topological polar surface area (TPSA) is 69.3 Å². The van der Waals surface area contributed by atoms with Crippen LogP contribution in [-0.2, 0) is 17.9 Å². The number of benzene rings is 1. The van der Waals surface area contributed by atoms with Crippen molar-refractivity contribution in [3.63, 3.8) is 0 Å². The van der Waals surface area contributed by atoms with E-state index >= 15 is 0 Å². The number of pyridine rings is 1. The molecule has 3 heterocycles. The second kappa shape index (κ2) is 9.31. The highest BCUT2D eigenvalue weighted by Gasteiger charge is 2.33. The highest BCUT2D eigenvalue weighted by Crippen LogP contribution is 2.37. The number of thioether (sulfide) groups is 1. The van der Waals surface area contributed by atoms with Crippen molar-refractivity contribution in [1.29, 1.82) is 5.26 Å². The molecule has 1 aromatic carbocycles. The number of thiocarbonyl (C=S) groups is 1. The summed E-state index contributed by atoms with van der Waals surface area (Å²) in [7, 11) is 0. The van der Waals surface area contributed by atoms with Crippen LogP contribution in [0.25, 0.3) is 6.08 Å². The van der Waals surface area contributed by atoms with Gasteiger partial charge in [0.15, 0.2) is 0 Å². The summed E-state index contributed by atoms with van der Waals surface area (Å²) in [6, 6.07) is 11.8. The standard InChI is InChI=1S/C24H24N4O2S2/c1-3-27-21(26-11-7-8-12-26)18(16(2)19(14-25)22(27)29)13-20-23(30)28(24(31)32-20)15-17-9-5-4-6-10-17/h4-6,9-10,13H,3,7-8,11-12,15H2,1-2H3/b20-13-. The molecule has 164 valence electrons. The molecule has 0 saturated carbocycles. The van der Waals surface area contributed by atoms with Gasteiger partial charge in [-0.2, -0.15) is 5.26 Å². The molecule has 8 heteroatoms. The molecule has 2 aliphatic rings. The van der Waals surface area contributed by atoms with E-state index in [0.717, 1.165) is 42.9 Å². The molecule has 2 fully saturated rings. The lowest BCUT2D eigenvalue weighted by atomic mass is 10.0. The second-order valence-corrected chi connectivity index (χ2v) is 9.52. The Labute approximate surface area is 197 Å². The number of carbonyl (C=O) groups excluding carboxylic acids is 1. The van der Waals surface area contributed by atoms with Gasteiger partial charge in [-0.3, -0.25) is 19.1 Å². The van der Waals surface area contributed by atoms with E-state index in [1.54, 1.807) is 16.4 Å². The van der Waals surface area contributed by atoms with Crippen molar-refractivity contribution >= 4 is 46.1 Å². The van der Waals surface area contributed by atoms with E-state index < -0.39 is 0 Å². The van der Waals surface area contributed by atoms with Crippen LogP contribution >= 0.6 is 24.0 Å². The molecule has 0 N–H and O–H groups in total. The van der Waals surface area contributed by atoms with Crippen LogP contribution in [-0.4, -0.2) is 32.8 Å². The van der Waals surface area contributed by atoms with Gasteiger partial charge in [0.05, 0.1) is 11.4 Å². The number of hydrogen-bond donors (Lipinski definition) is 0. The molecule has 2 aliphatic heterocycles. The van der Waals surface area contributed by atoms with Crippen molar-refractivity contribution in [2.45, 2.75) is 39.8 Å². The van der Waals surface area contributed by atoms with Crippen molar-refractivity contribution in [3.05, 3.63) is 67.8 Å². The molecule has 0 atom stereocenters. The predicted molar refractivity (Wildman–Crippen MR) is 132 cm³/mol. The van der Waals surface area contributed by atoms with E-state index in [1.165, 1.54) is 11.8 Å². The molecule has 0 spiro atoms. The third-order valence-electron chi connectivity index (χ3n) is 5.90. The van der Waals surface area contributed by atoms with Gasteiger partial charge in [-0.25, -0.2) is 0 Å². The summed E-state index contributed by atoms with van der Waals surface area (Å²) < 4.78 is 2.17. The summed E-state index contributed by atoms with van der Waals surface area (Å²) >= 11 is 6.78. The van der Waals surface area contributed by atoms with Gasteiger partial charge in [0.25, 0.3) is 11.5 Å². The monoisotopic (exact) mass is 464 g/mol. The average molecular weight is 465 g/mol. The van der Waals surface area contributed by atoms with Crippen LogP contribution in [0.1, 0.15) is 42.0 Å². The molecule has 2 saturated heterocycles. The van der Waals surface area contributed by atoms with Gasteiger partial charge in [0, 0.05) is 25.2 Å². The Morgan fingerprint density at radius 2 is 1.88 bits per heavy atom. The van der Waals surface area contributed by atoms with Crippen LogP contribution in [0.15, 0.2) is 40.0 Å². The molecule has 2 aromatic rings. The zero-order chi connectivity index (χ0) is 22.8. The Morgan fingerprint density at radius 1 is 1.19 bits per heavy atom. The normalized spacial score (nSPS) is 17.5. The summed E-state index contributed by atoms with van der Waals surface area (Å²) in [5.74, 6) is 0.642. The lowest BCUT2D eigenvalue weighted by Crippen LogP contribution is -2.32. The number of amides is 1. The van der Waals surface area contributed by atoms with Crippen molar-refractivity contribution in [2.24, 2.45) is 0 Å². The number of nitrogens with zero attached hydrogens (tertiary/aromatic N) is 4. The first-order valence-corrected chi connectivity index (χ1v) is 11.9. The molecule has 0 unspecified atom stereocenters. The second-order valence-electron chi connectivity index (χ2n) is 7.85. The Hall–Kier alpha value is -2.89. The van der Waals surface area contributed by atoms with Crippen molar-refractivity contribution in [1.82, 2.24) is 9.47 Å². The van der Waals surface area contributed by atoms with Gasteiger partial charge in [-0.15, -0.1) is 0 Å². The quantitative estimate of drug-likeness (QED) is 0.491.